The van der Waals surface area contributed by atoms with Crippen LogP contribution in [0.3, 0.4) is 0 Å². The van der Waals surface area contributed by atoms with E-state index in [1.807, 2.05) is 18.2 Å². The molecule has 0 N–H and O–H groups in total. The molecule has 0 amide bonds. The van der Waals surface area contributed by atoms with Crippen LogP contribution in [0.1, 0.15) is 64.9 Å². The Morgan fingerprint density at radius 3 is 1.88 bits per heavy atom. The number of aromatic nitrogens is 3. The molecule has 1 heterocycles. The molecule has 2 aromatic carbocycles. The van der Waals surface area contributed by atoms with Crippen LogP contribution in [-0.2, 0) is 6.54 Å². The van der Waals surface area contributed by atoms with Crippen LogP contribution in [0.2, 0.25) is 13.3 Å². The second-order valence-corrected chi connectivity index (χ2v) is 22.0. The Labute approximate surface area is 197 Å². The molecule has 3 aromatic rings. The molecule has 0 saturated heterocycles. The number of nitrogens with zero attached hydrogens (tertiary/aromatic N) is 3. The first-order chi connectivity index (χ1) is 15.6. The van der Waals surface area contributed by atoms with Crippen LogP contribution in [0.5, 0.6) is 0 Å². The van der Waals surface area contributed by atoms with Gasteiger partial charge in [0.2, 0.25) is 0 Å². The zero-order valence-corrected chi connectivity index (χ0v) is 22.8. The van der Waals surface area contributed by atoms with Crippen LogP contribution >= 0.6 is 0 Å². The van der Waals surface area contributed by atoms with Gasteiger partial charge in [0.25, 0.3) is 0 Å². The van der Waals surface area contributed by atoms with Gasteiger partial charge in [-0.2, -0.15) is 0 Å². The molecular formula is C27H38FN3Sn. The van der Waals surface area contributed by atoms with Crippen molar-refractivity contribution in [1.82, 2.24) is 15.0 Å². The second kappa shape index (κ2) is 12.5. The molecule has 0 unspecified atom stereocenters. The predicted molar refractivity (Wildman–Crippen MR) is 135 cm³/mol. The van der Waals surface area contributed by atoms with Gasteiger partial charge >= 0.3 is 198 Å². The maximum atomic E-state index is 13.8. The Hall–Kier alpha value is -1.69. The van der Waals surface area contributed by atoms with Gasteiger partial charge in [-0.25, -0.2) is 0 Å². The summed E-state index contributed by atoms with van der Waals surface area (Å²) >= 11 is -2.82. The normalized spacial score (nSPS) is 11.8. The molecule has 0 bridgehead atoms. The Balaban J connectivity index is 2.14. The summed E-state index contributed by atoms with van der Waals surface area (Å²) in [7, 11) is 0. The fraction of sp³-hybridized carbons (Fsp3) is 0.481. The number of hydrogen-bond acceptors (Lipinski definition) is 2. The summed E-state index contributed by atoms with van der Waals surface area (Å²) < 4.78 is 21.2. The molecule has 0 radical (unpaired) electrons. The van der Waals surface area contributed by atoms with Crippen LogP contribution in [0.25, 0.3) is 11.3 Å². The summed E-state index contributed by atoms with van der Waals surface area (Å²) in [6.45, 7) is 7.58. The molecule has 5 heteroatoms. The van der Waals surface area contributed by atoms with E-state index in [1.54, 1.807) is 12.1 Å². The third kappa shape index (κ3) is 6.21. The van der Waals surface area contributed by atoms with Crippen molar-refractivity contribution in [2.75, 3.05) is 0 Å². The summed E-state index contributed by atoms with van der Waals surface area (Å²) in [5.74, 6) is -0.199. The van der Waals surface area contributed by atoms with Gasteiger partial charge in [0.1, 0.15) is 0 Å². The van der Waals surface area contributed by atoms with Crippen LogP contribution in [-0.4, -0.2) is 33.4 Å². The first-order valence-corrected chi connectivity index (χ1v) is 19.9. The van der Waals surface area contributed by atoms with E-state index in [-0.39, 0.29) is 5.82 Å². The Bertz CT molecular complexity index is 916. The van der Waals surface area contributed by atoms with E-state index >= 15 is 0 Å². The predicted octanol–water partition coefficient (Wildman–Crippen LogP) is 7.19. The van der Waals surface area contributed by atoms with E-state index in [0.717, 1.165) is 11.3 Å². The van der Waals surface area contributed by atoms with Gasteiger partial charge in [0.05, 0.1) is 0 Å². The zero-order valence-electron chi connectivity index (χ0n) is 20.0. The summed E-state index contributed by atoms with van der Waals surface area (Å²) in [6.07, 6.45) is 7.50. The summed E-state index contributed by atoms with van der Waals surface area (Å²) in [6, 6.07) is 17.4. The third-order valence-electron chi connectivity index (χ3n) is 6.56. The molecule has 0 atom stereocenters. The van der Waals surface area contributed by atoms with Gasteiger partial charge in [0.15, 0.2) is 0 Å². The summed E-state index contributed by atoms with van der Waals surface area (Å²) in [5.41, 5.74) is 3.41. The molecule has 3 nitrogen and oxygen atoms in total. The SMILES string of the molecule is CCC[CH2][Sn]([CH2]CCC)([CH2]CCC)[c]1nnn(Cc2ccccc2)c1-c1ccc(F)cc1. The number of benzene rings is 2. The molecule has 0 spiro atoms. The van der Waals surface area contributed by atoms with Crippen molar-refractivity contribution >= 4 is 22.1 Å². The summed E-state index contributed by atoms with van der Waals surface area (Å²) in [4.78, 5) is 0. The van der Waals surface area contributed by atoms with Gasteiger partial charge in [-0.15, -0.1) is 0 Å². The van der Waals surface area contributed by atoms with Crippen LogP contribution in [0.15, 0.2) is 54.6 Å². The van der Waals surface area contributed by atoms with Crippen molar-refractivity contribution in [1.29, 1.82) is 0 Å². The molecule has 1 aromatic heterocycles. The Morgan fingerprint density at radius 1 is 0.781 bits per heavy atom. The molecule has 32 heavy (non-hydrogen) atoms. The Kier molecular flexibility index (Phi) is 9.76. The van der Waals surface area contributed by atoms with Gasteiger partial charge in [0, 0.05) is 0 Å². The maximum absolute atomic E-state index is 13.8. The van der Waals surface area contributed by atoms with E-state index in [4.69, 9.17) is 10.3 Å². The van der Waals surface area contributed by atoms with Crippen molar-refractivity contribution in [3.63, 3.8) is 0 Å². The van der Waals surface area contributed by atoms with E-state index in [2.05, 4.69) is 49.7 Å². The average Bonchev–Trinajstić information content (AvgIpc) is 3.24. The van der Waals surface area contributed by atoms with Crippen molar-refractivity contribution in [3.8, 4) is 11.3 Å². The number of halogens is 1. The fourth-order valence-corrected chi connectivity index (χ4v) is 20.6. The zero-order chi connectivity index (χ0) is 22.8. The quantitative estimate of drug-likeness (QED) is 0.214. The van der Waals surface area contributed by atoms with Crippen molar-refractivity contribution in [2.24, 2.45) is 0 Å². The molecule has 0 aliphatic heterocycles. The van der Waals surface area contributed by atoms with Gasteiger partial charge in [-0.05, 0) is 0 Å². The van der Waals surface area contributed by atoms with Crippen molar-refractivity contribution < 1.29 is 4.39 Å². The van der Waals surface area contributed by atoms with Crippen LogP contribution in [0.4, 0.5) is 4.39 Å². The topological polar surface area (TPSA) is 30.7 Å². The second-order valence-electron chi connectivity index (χ2n) is 9.03. The van der Waals surface area contributed by atoms with E-state index < -0.39 is 18.4 Å². The first kappa shape index (κ1) is 24.9. The first-order valence-electron chi connectivity index (χ1n) is 12.4. The fourth-order valence-electron chi connectivity index (χ4n) is 4.71. The molecule has 3 rings (SSSR count). The van der Waals surface area contributed by atoms with E-state index in [0.29, 0.717) is 6.54 Å². The molecular weight excluding hydrogens is 504 g/mol. The van der Waals surface area contributed by atoms with E-state index in [9.17, 15) is 4.39 Å². The van der Waals surface area contributed by atoms with Gasteiger partial charge in [-0.3, -0.25) is 0 Å². The third-order valence-corrected chi connectivity index (χ3v) is 21.6. The Morgan fingerprint density at radius 2 is 1.34 bits per heavy atom. The standard InChI is InChI=1S/C15H11FN3.3C4H9.Sn/c16-14-8-6-13(7-9-14)15-10-17-18-19(15)11-12-4-2-1-3-5-12;3*1-3-4-2;/h1-9H,11H2;3*1,3-4H2,2H3;. The molecule has 0 aliphatic rings. The molecule has 0 fully saturated rings. The van der Waals surface area contributed by atoms with Gasteiger partial charge in [-0.1, -0.05) is 0 Å². The monoisotopic (exact) mass is 543 g/mol. The van der Waals surface area contributed by atoms with Crippen molar-refractivity contribution in [3.05, 3.63) is 66.0 Å². The number of hydrogen-bond donors (Lipinski definition) is 0. The molecule has 172 valence electrons. The van der Waals surface area contributed by atoms with Crippen LogP contribution in [0, 0.1) is 5.82 Å². The van der Waals surface area contributed by atoms with Crippen LogP contribution < -0.4 is 3.71 Å². The average molecular weight is 542 g/mol. The summed E-state index contributed by atoms with van der Waals surface area (Å²) in [5, 5.41) is 9.68. The molecule has 0 aliphatic carbocycles. The minimum atomic E-state index is -2.82. The minimum absolute atomic E-state index is 0.199. The molecule has 0 saturated carbocycles. The number of unbranched alkanes of at least 4 members (excludes halogenated alkanes) is 3. The van der Waals surface area contributed by atoms with Crippen molar-refractivity contribution in [2.45, 2.75) is 79.2 Å². The van der Waals surface area contributed by atoms with E-state index in [1.165, 1.54) is 61.1 Å². The van der Waals surface area contributed by atoms with Gasteiger partial charge < -0.3 is 0 Å². The number of rotatable bonds is 13.